The molecule has 10 atom stereocenters. The van der Waals surface area contributed by atoms with Crippen molar-refractivity contribution in [2.75, 3.05) is 24.7 Å². The molecule has 6 N–H and O–H groups in total. The highest BCUT2D eigenvalue weighted by molar-refractivity contribution is 8.06. The number of nitrogens with two attached hydrogens (primary N) is 2. The van der Waals surface area contributed by atoms with Gasteiger partial charge in [0, 0.05) is 0 Å². The number of nitrogens with zero attached hydrogens (tertiary/aromatic N) is 8. The van der Waals surface area contributed by atoms with Crippen molar-refractivity contribution in [3.05, 3.63) is 25.3 Å². The molecule has 44 heavy (non-hydrogen) atoms. The van der Waals surface area contributed by atoms with Crippen molar-refractivity contribution < 1.29 is 51.4 Å². The maximum Gasteiger partial charge on any atom is 0.472 e. The van der Waals surface area contributed by atoms with E-state index in [-0.39, 0.29) is 34.0 Å². The van der Waals surface area contributed by atoms with Gasteiger partial charge in [0.05, 0.1) is 25.9 Å². The van der Waals surface area contributed by atoms with Crippen LogP contribution >= 0.6 is 14.5 Å². The normalized spacial score (nSPS) is 38.3. The maximum absolute atomic E-state index is 15.9. The SMILES string of the molecule is Nc1ncnc2c1ncn2[C@@H]1O[C@@H]2COP(=O)(O)OC3[C@@H](COP([O-])(=S)OC1[C@H]2O)O[C@@H](n1cnc2c(N)ncnc21)[C@H]3F. The molecule has 20 nitrogen and oxygen atoms in total. The van der Waals surface area contributed by atoms with Crippen molar-refractivity contribution in [3.8, 4) is 0 Å². The van der Waals surface area contributed by atoms with Crippen molar-refractivity contribution in [1.82, 2.24) is 39.0 Å². The highest BCUT2D eigenvalue weighted by atomic mass is 32.5. The molecular formula is C20H22FN10O10P2S-. The first-order valence-corrected chi connectivity index (χ1v) is 16.8. The number of fused-ring (bicyclic) bond motifs is 5. The van der Waals surface area contributed by atoms with Gasteiger partial charge in [0.15, 0.2) is 41.6 Å². The standard InChI is InChI=1S/C20H23FN10O10P2S/c21-9-13-8(39-19(9)30-5-28-10-15(22)24-3-26-17(10)30)2-37-43(35,44)41-14-12(32)7(1-36-42(33,34)40-13)38-20(14)31-6-29-11-16(23)25-4-27-18(11)31/h3-9,12-14,19-20,32H,1-2H2,(H,33,34)(H,35,44)(H2,22,24,26)(H2,23,25,27)/p-1/t7-,8-,9+,12+,13?,14?,19-,20-,43?/m1/s1. The average molecular weight is 675 g/mol. The minimum Gasteiger partial charge on any atom is -0.780 e. The lowest BCUT2D eigenvalue weighted by atomic mass is 10.1. The van der Waals surface area contributed by atoms with Gasteiger partial charge >= 0.3 is 7.82 Å². The third-order valence-corrected chi connectivity index (χ3v) is 9.73. The Morgan fingerprint density at radius 3 is 2.09 bits per heavy atom. The number of nitrogen functional groups attached to an aromatic ring is 2. The van der Waals surface area contributed by atoms with Gasteiger partial charge in [0.1, 0.15) is 60.9 Å². The van der Waals surface area contributed by atoms with Crippen LogP contribution in [0.2, 0.25) is 0 Å². The van der Waals surface area contributed by atoms with Crippen LogP contribution < -0.4 is 16.4 Å². The number of aliphatic hydroxyl groups excluding tert-OH is 1. The quantitative estimate of drug-likeness (QED) is 0.182. The van der Waals surface area contributed by atoms with Gasteiger partial charge in [-0.3, -0.25) is 18.2 Å². The third kappa shape index (κ3) is 5.15. The van der Waals surface area contributed by atoms with Crippen LogP contribution in [0, 0.1) is 0 Å². The molecule has 4 aromatic rings. The maximum atomic E-state index is 15.9. The average Bonchev–Trinajstić information content (AvgIpc) is 3.73. The first-order valence-electron chi connectivity index (χ1n) is 12.7. The molecule has 7 rings (SSSR count). The first-order chi connectivity index (χ1) is 20.9. The number of ether oxygens (including phenoxy) is 2. The summed E-state index contributed by atoms with van der Waals surface area (Å²) >= 11 is 5.10. The van der Waals surface area contributed by atoms with Crippen molar-refractivity contribution in [2.45, 2.75) is 49.1 Å². The Labute approximate surface area is 249 Å². The molecule has 24 heteroatoms. The van der Waals surface area contributed by atoms with E-state index in [2.05, 4.69) is 29.9 Å². The number of rotatable bonds is 2. The van der Waals surface area contributed by atoms with Gasteiger partial charge < -0.3 is 44.9 Å². The molecule has 3 fully saturated rings. The summed E-state index contributed by atoms with van der Waals surface area (Å²) in [6.45, 7) is -5.99. The van der Waals surface area contributed by atoms with Crippen molar-refractivity contribution in [1.29, 1.82) is 0 Å². The monoisotopic (exact) mass is 675 g/mol. The number of aliphatic hydroxyl groups is 1. The second-order valence-corrected chi connectivity index (χ2v) is 14.0. The van der Waals surface area contributed by atoms with Crippen LogP contribution in [0.15, 0.2) is 25.3 Å². The Morgan fingerprint density at radius 1 is 0.886 bits per heavy atom. The lowest BCUT2D eigenvalue weighted by Crippen LogP contribution is -2.36. The lowest BCUT2D eigenvalue weighted by molar-refractivity contribution is -0.218. The largest absolute Gasteiger partial charge is 0.780 e. The molecule has 0 aromatic carbocycles. The van der Waals surface area contributed by atoms with Gasteiger partial charge in [0.25, 0.3) is 0 Å². The Bertz CT molecular complexity index is 1830. The number of anilines is 2. The Morgan fingerprint density at radius 2 is 1.45 bits per heavy atom. The first kappa shape index (κ1) is 29.8. The molecule has 4 aromatic heterocycles. The van der Waals surface area contributed by atoms with E-state index in [1.807, 2.05) is 0 Å². The fourth-order valence-corrected chi connectivity index (χ4v) is 7.53. The van der Waals surface area contributed by atoms with E-state index in [0.717, 1.165) is 6.33 Å². The molecule has 3 aliphatic heterocycles. The fraction of sp³-hybridized carbons (Fsp3) is 0.500. The number of imidazole rings is 2. The van der Waals surface area contributed by atoms with Crippen LogP contribution in [0.3, 0.4) is 0 Å². The number of halogens is 1. The zero-order valence-electron chi connectivity index (χ0n) is 21.9. The molecule has 0 saturated carbocycles. The molecule has 236 valence electrons. The summed E-state index contributed by atoms with van der Waals surface area (Å²) in [4.78, 5) is 48.1. The van der Waals surface area contributed by atoms with E-state index in [0.29, 0.717) is 0 Å². The van der Waals surface area contributed by atoms with E-state index in [1.54, 1.807) is 0 Å². The fourth-order valence-electron chi connectivity index (χ4n) is 5.18. The van der Waals surface area contributed by atoms with Gasteiger partial charge in [-0.2, -0.15) is 0 Å². The van der Waals surface area contributed by atoms with Crippen LogP contribution in [-0.4, -0.2) is 98.9 Å². The van der Waals surface area contributed by atoms with E-state index in [9.17, 15) is 19.5 Å². The summed E-state index contributed by atoms with van der Waals surface area (Å²) in [6.07, 6.45) is -7.95. The van der Waals surface area contributed by atoms with Gasteiger partial charge in [0.2, 0.25) is 0 Å². The highest BCUT2D eigenvalue weighted by Gasteiger charge is 2.53. The van der Waals surface area contributed by atoms with Gasteiger partial charge in [-0.25, -0.2) is 38.9 Å². The molecule has 4 unspecified atom stereocenters. The van der Waals surface area contributed by atoms with Crippen LogP contribution in [0.4, 0.5) is 16.0 Å². The van der Waals surface area contributed by atoms with Crippen LogP contribution in [0.25, 0.3) is 22.3 Å². The molecule has 3 saturated heterocycles. The van der Waals surface area contributed by atoms with Crippen LogP contribution in [0.1, 0.15) is 12.5 Å². The number of hydrogen-bond acceptors (Lipinski definition) is 18. The van der Waals surface area contributed by atoms with Gasteiger partial charge in [-0.15, -0.1) is 0 Å². The zero-order valence-corrected chi connectivity index (χ0v) is 24.5. The molecule has 3 aliphatic rings. The highest BCUT2D eigenvalue weighted by Crippen LogP contribution is 2.53. The number of phosphoric acid groups is 1. The van der Waals surface area contributed by atoms with Crippen LogP contribution in [-0.2, 0) is 43.9 Å². The molecule has 0 amide bonds. The number of phosphoric ester groups is 1. The number of aromatic nitrogens is 8. The topological polar surface area (TPSA) is 275 Å². The summed E-state index contributed by atoms with van der Waals surface area (Å²) in [7, 11) is -5.06. The lowest BCUT2D eigenvalue weighted by Gasteiger charge is -2.34. The second-order valence-electron chi connectivity index (χ2n) is 9.88. The smallest absolute Gasteiger partial charge is 0.472 e. The van der Waals surface area contributed by atoms with E-state index in [4.69, 9.17) is 50.8 Å². The van der Waals surface area contributed by atoms with E-state index < -0.39 is 76.9 Å². The minimum atomic E-state index is -5.06. The van der Waals surface area contributed by atoms with Crippen molar-refractivity contribution in [2.24, 2.45) is 0 Å². The predicted molar refractivity (Wildman–Crippen MR) is 144 cm³/mol. The molecular weight excluding hydrogens is 653 g/mol. The predicted octanol–water partition coefficient (Wildman–Crippen LogP) is -1.17. The molecule has 0 radical (unpaired) electrons. The molecule has 2 bridgehead atoms. The molecule has 0 aliphatic carbocycles. The Kier molecular flexibility index (Phi) is 7.39. The number of hydrogen-bond donors (Lipinski definition) is 4. The molecule has 0 spiro atoms. The molecule has 7 heterocycles. The Balaban J connectivity index is 1.20. The van der Waals surface area contributed by atoms with E-state index >= 15 is 4.39 Å². The third-order valence-electron chi connectivity index (χ3n) is 7.21. The number of alkyl halides is 1. The zero-order chi connectivity index (χ0) is 31.0. The van der Waals surface area contributed by atoms with E-state index in [1.165, 1.54) is 28.1 Å². The summed E-state index contributed by atoms with van der Waals surface area (Å²) < 4.78 is 64.4. The summed E-state index contributed by atoms with van der Waals surface area (Å²) in [5.41, 5.74) is 12.3. The Hall–Kier alpha value is -2.85. The summed E-state index contributed by atoms with van der Waals surface area (Å²) in [6, 6.07) is 0. The van der Waals surface area contributed by atoms with Gasteiger partial charge in [-0.05, 0) is 0 Å². The van der Waals surface area contributed by atoms with Crippen LogP contribution in [0.5, 0.6) is 0 Å². The van der Waals surface area contributed by atoms with Crippen molar-refractivity contribution >= 4 is 60.3 Å². The summed E-state index contributed by atoms with van der Waals surface area (Å²) in [5, 5.41) is 11.0. The summed E-state index contributed by atoms with van der Waals surface area (Å²) in [5.74, 6) is 0.0799. The minimum absolute atomic E-state index is 0.0266. The van der Waals surface area contributed by atoms with Gasteiger partial charge in [-0.1, -0.05) is 11.8 Å². The van der Waals surface area contributed by atoms with Crippen molar-refractivity contribution in [3.63, 3.8) is 0 Å². The second kappa shape index (κ2) is 10.9.